The van der Waals surface area contributed by atoms with Crippen molar-refractivity contribution in [2.45, 2.75) is 19.3 Å². The van der Waals surface area contributed by atoms with Crippen molar-refractivity contribution in [3.05, 3.63) is 30.1 Å². The summed E-state index contributed by atoms with van der Waals surface area (Å²) in [6.07, 6.45) is 2.32. The van der Waals surface area contributed by atoms with Gasteiger partial charge in [-0.3, -0.25) is 0 Å². The average Bonchev–Trinajstić information content (AvgIpc) is 2.69. The van der Waals surface area contributed by atoms with Gasteiger partial charge in [0, 0.05) is 38.6 Å². The highest BCUT2D eigenvalue weighted by atomic mass is 19.1. The van der Waals surface area contributed by atoms with Gasteiger partial charge in [-0.2, -0.15) is 0 Å². The number of urea groups is 1. The van der Waals surface area contributed by atoms with Crippen LogP contribution in [0.1, 0.15) is 19.3 Å². The van der Waals surface area contributed by atoms with Gasteiger partial charge >= 0.3 is 12.1 Å². The van der Waals surface area contributed by atoms with Gasteiger partial charge in [0.1, 0.15) is 0 Å². The van der Waals surface area contributed by atoms with E-state index in [0.717, 1.165) is 19.3 Å². The van der Waals surface area contributed by atoms with Crippen LogP contribution in [-0.2, 0) is 4.74 Å². The minimum atomic E-state index is -0.376. The van der Waals surface area contributed by atoms with Crippen LogP contribution in [0.5, 0.6) is 5.75 Å². The maximum absolute atomic E-state index is 13.6. The molecule has 0 bridgehead atoms. The zero-order valence-corrected chi connectivity index (χ0v) is 15.4. The predicted molar refractivity (Wildman–Crippen MR) is 97.1 cm³/mol. The van der Waals surface area contributed by atoms with E-state index in [1.807, 2.05) is 0 Å². The van der Waals surface area contributed by atoms with Gasteiger partial charge in [-0.25, -0.2) is 14.0 Å². The van der Waals surface area contributed by atoms with Crippen molar-refractivity contribution in [2.75, 3.05) is 45.9 Å². The van der Waals surface area contributed by atoms with Gasteiger partial charge < -0.3 is 24.6 Å². The second-order valence-electron chi connectivity index (χ2n) is 6.88. The van der Waals surface area contributed by atoms with E-state index in [0.29, 0.717) is 45.9 Å². The zero-order valence-electron chi connectivity index (χ0n) is 15.4. The molecule has 1 unspecified atom stereocenters. The molecule has 8 heteroatoms. The van der Waals surface area contributed by atoms with Crippen LogP contribution in [0.2, 0.25) is 0 Å². The molecule has 27 heavy (non-hydrogen) atoms. The first-order chi connectivity index (χ1) is 13.1. The number of benzene rings is 1. The number of amides is 3. The SMILES string of the molecule is O=C(NCCN1CCCOC1=O)N1CCCC(COc2ccccc2F)C1. The van der Waals surface area contributed by atoms with E-state index in [-0.39, 0.29) is 29.6 Å². The summed E-state index contributed by atoms with van der Waals surface area (Å²) in [6.45, 7) is 3.60. The smallest absolute Gasteiger partial charge is 0.409 e. The van der Waals surface area contributed by atoms with E-state index in [2.05, 4.69) is 5.32 Å². The van der Waals surface area contributed by atoms with Gasteiger partial charge in [-0.15, -0.1) is 0 Å². The Labute approximate surface area is 158 Å². The molecule has 7 nitrogen and oxygen atoms in total. The normalized spacial score (nSPS) is 20.2. The fraction of sp³-hybridized carbons (Fsp3) is 0.579. The number of likely N-dealkylation sites (tertiary alicyclic amines) is 1. The summed E-state index contributed by atoms with van der Waals surface area (Å²) in [6, 6.07) is 6.19. The summed E-state index contributed by atoms with van der Waals surface area (Å²) in [5.74, 6) is 0.0350. The minimum Gasteiger partial charge on any atom is -0.490 e. The molecule has 2 fully saturated rings. The molecule has 2 aliphatic heterocycles. The molecule has 148 valence electrons. The van der Waals surface area contributed by atoms with E-state index >= 15 is 0 Å². The largest absolute Gasteiger partial charge is 0.490 e. The number of ether oxygens (including phenoxy) is 2. The summed E-state index contributed by atoms with van der Waals surface area (Å²) in [7, 11) is 0. The molecule has 0 spiro atoms. The summed E-state index contributed by atoms with van der Waals surface area (Å²) >= 11 is 0. The number of cyclic esters (lactones) is 1. The second kappa shape index (κ2) is 9.43. The summed E-state index contributed by atoms with van der Waals surface area (Å²) < 4.78 is 24.2. The molecule has 0 radical (unpaired) electrons. The Bertz CT molecular complexity index is 658. The number of carbonyl (C=O) groups excluding carboxylic acids is 2. The molecule has 2 saturated heterocycles. The number of rotatable bonds is 6. The average molecular weight is 379 g/mol. The molecule has 2 heterocycles. The first-order valence-electron chi connectivity index (χ1n) is 9.45. The molecule has 1 N–H and O–H groups in total. The number of piperidine rings is 1. The Morgan fingerprint density at radius 1 is 1.30 bits per heavy atom. The van der Waals surface area contributed by atoms with Crippen molar-refractivity contribution in [3.63, 3.8) is 0 Å². The van der Waals surface area contributed by atoms with Gasteiger partial charge in [0.25, 0.3) is 0 Å². The molecule has 3 rings (SSSR count). The third-order valence-corrected chi connectivity index (χ3v) is 4.83. The Kier molecular flexibility index (Phi) is 6.73. The lowest BCUT2D eigenvalue weighted by Gasteiger charge is -2.33. The van der Waals surface area contributed by atoms with Crippen LogP contribution < -0.4 is 10.1 Å². The molecule has 1 atom stereocenters. The van der Waals surface area contributed by atoms with Crippen molar-refractivity contribution >= 4 is 12.1 Å². The molecular weight excluding hydrogens is 353 g/mol. The highest BCUT2D eigenvalue weighted by molar-refractivity contribution is 5.74. The molecule has 1 aromatic rings. The Morgan fingerprint density at radius 2 is 2.15 bits per heavy atom. The number of carbonyl (C=O) groups is 2. The quantitative estimate of drug-likeness (QED) is 0.824. The Hall–Kier alpha value is -2.51. The number of nitrogens with zero attached hydrogens (tertiary/aromatic N) is 2. The van der Waals surface area contributed by atoms with Gasteiger partial charge in [0.05, 0.1) is 13.2 Å². The van der Waals surface area contributed by atoms with Crippen LogP contribution in [0.15, 0.2) is 24.3 Å². The highest BCUT2D eigenvalue weighted by Gasteiger charge is 2.25. The minimum absolute atomic E-state index is 0.143. The molecule has 0 aliphatic carbocycles. The van der Waals surface area contributed by atoms with E-state index in [1.165, 1.54) is 6.07 Å². The summed E-state index contributed by atoms with van der Waals surface area (Å²) in [4.78, 5) is 27.3. The third-order valence-electron chi connectivity index (χ3n) is 4.83. The maximum Gasteiger partial charge on any atom is 0.409 e. The standard InChI is InChI=1S/C19H26FN3O4/c20-16-6-1-2-7-17(16)27-14-15-5-3-9-23(13-15)18(24)21-8-11-22-10-4-12-26-19(22)25/h1-2,6-7,15H,3-5,8-14H2,(H,21,24). The Morgan fingerprint density at radius 3 is 2.96 bits per heavy atom. The number of nitrogens with one attached hydrogen (secondary N) is 1. The van der Waals surface area contributed by atoms with Crippen LogP contribution in [0.4, 0.5) is 14.0 Å². The Balaban J connectivity index is 1.39. The van der Waals surface area contributed by atoms with Gasteiger partial charge in [-0.1, -0.05) is 12.1 Å². The van der Waals surface area contributed by atoms with Crippen LogP contribution in [0.3, 0.4) is 0 Å². The first kappa shape index (κ1) is 19.3. The monoisotopic (exact) mass is 379 g/mol. The topological polar surface area (TPSA) is 71.1 Å². The number of halogens is 1. The first-order valence-corrected chi connectivity index (χ1v) is 9.45. The van der Waals surface area contributed by atoms with Crippen LogP contribution in [0.25, 0.3) is 0 Å². The lowest BCUT2D eigenvalue weighted by Crippen LogP contribution is -2.49. The lowest BCUT2D eigenvalue weighted by molar-refractivity contribution is 0.0730. The molecule has 3 amide bonds. The fourth-order valence-electron chi connectivity index (χ4n) is 3.37. The highest BCUT2D eigenvalue weighted by Crippen LogP contribution is 2.20. The maximum atomic E-state index is 13.6. The van der Waals surface area contributed by atoms with Gasteiger partial charge in [-0.05, 0) is 31.4 Å². The molecule has 1 aromatic carbocycles. The number of hydrogen-bond acceptors (Lipinski definition) is 4. The fourth-order valence-corrected chi connectivity index (χ4v) is 3.37. The van der Waals surface area contributed by atoms with Crippen LogP contribution >= 0.6 is 0 Å². The zero-order chi connectivity index (χ0) is 19.1. The van der Waals surface area contributed by atoms with Crippen molar-refractivity contribution in [3.8, 4) is 5.75 Å². The molecule has 2 aliphatic rings. The predicted octanol–water partition coefficient (Wildman–Crippen LogP) is 2.47. The van der Waals surface area contributed by atoms with Crippen LogP contribution in [0, 0.1) is 11.7 Å². The van der Waals surface area contributed by atoms with Crippen molar-refractivity contribution in [1.29, 1.82) is 0 Å². The summed E-state index contributed by atoms with van der Waals surface area (Å²) in [5.41, 5.74) is 0. The van der Waals surface area contributed by atoms with E-state index in [9.17, 15) is 14.0 Å². The van der Waals surface area contributed by atoms with Crippen molar-refractivity contribution in [1.82, 2.24) is 15.1 Å². The molecular formula is C19H26FN3O4. The van der Waals surface area contributed by atoms with E-state index in [1.54, 1.807) is 28.0 Å². The van der Waals surface area contributed by atoms with Crippen LogP contribution in [-0.4, -0.2) is 67.9 Å². The van der Waals surface area contributed by atoms with Gasteiger partial charge in [0.15, 0.2) is 11.6 Å². The summed E-state index contributed by atoms with van der Waals surface area (Å²) in [5, 5.41) is 2.86. The molecule has 0 saturated carbocycles. The molecule has 0 aromatic heterocycles. The number of para-hydroxylation sites is 1. The van der Waals surface area contributed by atoms with Gasteiger partial charge in [0.2, 0.25) is 0 Å². The van der Waals surface area contributed by atoms with Crippen molar-refractivity contribution in [2.24, 2.45) is 5.92 Å². The number of hydrogen-bond donors (Lipinski definition) is 1. The van der Waals surface area contributed by atoms with E-state index in [4.69, 9.17) is 9.47 Å². The third kappa shape index (κ3) is 5.48. The van der Waals surface area contributed by atoms with E-state index < -0.39 is 0 Å². The van der Waals surface area contributed by atoms with Crippen molar-refractivity contribution < 1.29 is 23.5 Å². The second-order valence-corrected chi connectivity index (χ2v) is 6.88. The lowest BCUT2D eigenvalue weighted by atomic mass is 9.99.